The number of hydrogen-bond acceptors (Lipinski definition) is 3. The number of carbonyl (C=O) groups excluding carboxylic acids is 1. The molecule has 0 aromatic heterocycles. The lowest BCUT2D eigenvalue weighted by atomic mass is 9.86. The van der Waals surface area contributed by atoms with Gasteiger partial charge in [-0.1, -0.05) is 53.4 Å². The van der Waals surface area contributed by atoms with Crippen LogP contribution in [-0.4, -0.2) is 23.8 Å². The molecular weight excluding hydrogens is 288 g/mol. The topological polar surface area (TPSA) is 46.5 Å². The van der Waals surface area contributed by atoms with Crippen molar-refractivity contribution in [2.75, 3.05) is 6.61 Å². The van der Waals surface area contributed by atoms with E-state index in [4.69, 9.17) is 4.74 Å². The van der Waals surface area contributed by atoms with E-state index in [0.29, 0.717) is 11.8 Å². The summed E-state index contributed by atoms with van der Waals surface area (Å²) in [5, 5.41) is 9.51. The van der Waals surface area contributed by atoms with Gasteiger partial charge in [0, 0.05) is 6.61 Å². The Kier molecular flexibility index (Phi) is 9.85. The van der Waals surface area contributed by atoms with Crippen LogP contribution in [0.1, 0.15) is 85.5 Å². The Morgan fingerprint density at radius 1 is 1.13 bits per heavy atom. The van der Waals surface area contributed by atoms with Crippen LogP contribution in [0, 0.1) is 23.7 Å². The van der Waals surface area contributed by atoms with Gasteiger partial charge in [-0.2, -0.15) is 0 Å². The van der Waals surface area contributed by atoms with Crippen LogP contribution < -0.4 is 0 Å². The molecule has 1 heterocycles. The van der Waals surface area contributed by atoms with Crippen LogP contribution >= 0.6 is 0 Å². The van der Waals surface area contributed by atoms with Crippen molar-refractivity contribution in [1.82, 2.24) is 0 Å². The van der Waals surface area contributed by atoms with Gasteiger partial charge in [0.2, 0.25) is 0 Å². The van der Waals surface area contributed by atoms with Crippen LogP contribution in [0.2, 0.25) is 0 Å². The lowest BCUT2D eigenvalue weighted by Gasteiger charge is -2.31. The fourth-order valence-electron chi connectivity index (χ4n) is 3.51. The summed E-state index contributed by atoms with van der Waals surface area (Å²) < 4.78 is 5.64. The molecule has 3 nitrogen and oxygen atoms in total. The van der Waals surface area contributed by atoms with E-state index in [1.54, 1.807) is 0 Å². The number of cyclic esters (lactones) is 1. The van der Waals surface area contributed by atoms with Crippen molar-refractivity contribution in [3.8, 4) is 0 Å². The molecule has 0 aliphatic carbocycles. The van der Waals surface area contributed by atoms with Gasteiger partial charge < -0.3 is 9.84 Å². The fraction of sp³-hybridized carbons (Fsp3) is 0.950. The molecule has 0 saturated carbocycles. The molecule has 3 heteroatoms. The zero-order valence-corrected chi connectivity index (χ0v) is 15.7. The molecule has 1 N–H and O–H groups in total. The smallest absolute Gasteiger partial charge is 0.309 e. The maximum absolute atomic E-state index is 12.1. The SMILES string of the molecule is CC[C@@H](C)[C@@H]1CC[C@H](CCC[C@H](CO)CCCC(C)C)C(=O)O1. The predicted molar refractivity (Wildman–Crippen MR) is 95.2 cm³/mol. The average molecular weight is 327 g/mol. The van der Waals surface area contributed by atoms with Crippen LogP contribution in [-0.2, 0) is 9.53 Å². The normalized spacial score (nSPS) is 24.5. The van der Waals surface area contributed by atoms with Gasteiger partial charge in [-0.05, 0) is 49.9 Å². The molecule has 1 aliphatic rings. The molecule has 1 fully saturated rings. The Balaban J connectivity index is 2.23. The number of aliphatic hydroxyl groups is 1. The Hall–Kier alpha value is -0.570. The van der Waals surface area contributed by atoms with E-state index in [2.05, 4.69) is 27.7 Å². The van der Waals surface area contributed by atoms with E-state index >= 15 is 0 Å². The van der Waals surface area contributed by atoms with Gasteiger partial charge >= 0.3 is 5.97 Å². The lowest BCUT2D eigenvalue weighted by molar-refractivity contribution is -0.164. The molecular formula is C20H38O3. The highest BCUT2D eigenvalue weighted by molar-refractivity contribution is 5.73. The first kappa shape index (κ1) is 20.5. The van der Waals surface area contributed by atoms with Crippen LogP contribution in [0.15, 0.2) is 0 Å². The second-order valence-corrected chi connectivity index (χ2v) is 7.94. The van der Waals surface area contributed by atoms with Gasteiger partial charge in [0.15, 0.2) is 0 Å². The van der Waals surface area contributed by atoms with Crippen molar-refractivity contribution in [2.24, 2.45) is 23.7 Å². The largest absolute Gasteiger partial charge is 0.462 e. The monoisotopic (exact) mass is 326 g/mol. The van der Waals surface area contributed by atoms with E-state index in [0.717, 1.165) is 50.9 Å². The molecule has 1 saturated heterocycles. The summed E-state index contributed by atoms with van der Waals surface area (Å²) in [6.45, 7) is 9.09. The van der Waals surface area contributed by atoms with Crippen molar-refractivity contribution >= 4 is 5.97 Å². The third-order valence-electron chi connectivity index (χ3n) is 5.50. The molecule has 0 bridgehead atoms. The Labute approximate surface area is 143 Å². The van der Waals surface area contributed by atoms with Crippen molar-refractivity contribution in [2.45, 2.75) is 91.6 Å². The molecule has 0 spiro atoms. The predicted octanol–water partition coefficient (Wildman–Crippen LogP) is 4.96. The first-order valence-electron chi connectivity index (χ1n) is 9.79. The zero-order valence-electron chi connectivity index (χ0n) is 15.7. The molecule has 0 unspecified atom stereocenters. The molecule has 0 aromatic carbocycles. The minimum atomic E-state index is 0.0157. The van der Waals surface area contributed by atoms with Gasteiger partial charge in [0.1, 0.15) is 6.10 Å². The van der Waals surface area contributed by atoms with E-state index in [1.807, 2.05) is 0 Å². The summed E-state index contributed by atoms with van der Waals surface area (Å²) in [5.74, 6) is 1.72. The third-order valence-corrected chi connectivity index (χ3v) is 5.50. The summed E-state index contributed by atoms with van der Waals surface area (Å²) in [6, 6.07) is 0. The first-order chi connectivity index (χ1) is 11.0. The average Bonchev–Trinajstić information content (AvgIpc) is 2.53. The molecule has 0 radical (unpaired) electrons. The molecule has 136 valence electrons. The quantitative estimate of drug-likeness (QED) is 0.546. The van der Waals surface area contributed by atoms with E-state index in [9.17, 15) is 9.90 Å². The van der Waals surface area contributed by atoms with Crippen LogP contribution in [0.3, 0.4) is 0 Å². The van der Waals surface area contributed by atoms with Crippen molar-refractivity contribution in [1.29, 1.82) is 0 Å². The van der Waals surface area contributed by atoms with E-state index < -0.39 is 0 Å². The van der Waals surface area contributed by atoms with E-state index in [-0.39, 0.29) is 24.6 Å². The molecule has 1 rings (SSSR count). The highest BCUT2D eigenvalue weighted by Gasteiger charge is 2.31. The Bertz CT molecular complexity index is 327. The van der Waals surface area contributed by atoms with Crippen LogP contribution in [0.4, 0.5) is 0 Å². The molecule has 0 amide bonds. The van der Waals surface area contributed by atoms with Crippen molar-refractivity contribution in [3.05, 3.63) is 0 Å². The van der Waals surface area contributed by atoms with Crippen molar-refractivity contribution < 1.29 is 14.6 Å². The fourth-order valence-corrected chi connectivity index (χ4v) is 3.51. The van der Waals surface area contributed by atoms with Gasteiger partial charge in [0.05, 0.1) is 5.92 Å². The van der Waals surface area contributed by atoms with E-state index in [1.165, 1.54) is 12.8 Å². The number of ether oxygens (including phenoxy) is 1. The van der Waals surface area contributed by atoms with Crippen LogP contribution in [0.25, 0.3) is 0 Å². The molecule has 0 aromatic rings. The molecule has 23 heavy (non-hydrogen) atoms. The summed E-state index contributed by atoms with van der Waals surface area (Å²) in [4.78, 5) is 12.1. The van der Waals surface area contributed by atoms with Crippen LogP contribution in [0.5, 0.6) is 0 Å². The standard InChI is InChI=1S/C20H38O3/c1-5-16(4)19-13-12-18(20(22)23-19)11-7-10-17(14-21)9-6-8-15(2)3/h15-19,21H,5-14H2,1-4H3/t16-,17-,18+,19+/m1/s1. The number of esters is 1. The Morgan fingerprint density at radius 2 is 1.83 bits per heavy atom. The maximum atomic E-state index is 12.1. The maximum Gasteiger partial charge on any atom is 0.309 e. The minimum absolute atomic E-state index is 0.0157. The summed E-state index contributed by atoms with van der Waals surface area (Å²) >= 11 is 0. The molecule has 4 atom stereocenters. The minimum Gasteiger partial charge on any atom is -0.462 e. The number of hydrogen-bond donors (Lipinski definition) is 1. The highest BCUT2D eigenvalue weighted by atomic mass is 16.5. The summed E-state index contributed by atoms with van der Waals surface area (Å²) in [7, 11) is 0. The van der Waals surface area contributed by atoms with Gasteiger partial charge in [-0.3, -0.25) is 4.79 Å². The first-order valence-corrected chi connectivity index (χ1v) is 9.79. The second kappa shape index (κ2) is 11.1. The number of carbonyl (C=O) groups is 1. The van der Waals surface area contributed by atoms with Gasteiger partial charge in [-0.25, -0.2) is 0 Å². The molecule has 1 aliphatic heterocycles. The second-order valence-electron chi connectivity index (χ2n) is 7.94. The lowest BCUT2D eigenvalue weighted by Crippen LogP contribution is -2.34. The zero-order chi connectivity index (χ0) is 17.2. The van der Waals surface area contributed by atoms with Gasteiger partial charge in [-0.15, -0.1) is 0 Å². The number of aliphatic hydroxyl groups excluding tert-OH is 1. The Morgan fingerprint density at radius 3 is 2.39 bits per heavy atom. The third kappa shape index (κ3) is 7.69. The number of rotatable bonds is 11. The highest BCUT2D eigenvalue weighted by Crippen LogP contribution is 2.30. The summed E-state index contributed by atoms with van der Waals surface area (Å²) in [5.41, 5.74) is 0. The van der Waals surface area contributed by atoms with Gasteiger partial charge in [0.25, 0.3) is 0 Å². The summed E-state index contributed by atoms with van der Waals surface area (Å²) in [6.07, 6.45) is 9.73. The van der Waals surface area contributed by atoms with Crippen molar-refractivity contribution in [3.63, 3.8) is 0 Å².